The fraction of sp³-hybridized carbons (Fsp3) is 0.0909. The van der Waals surface area contributed by atoms with Crippen molar-refractivity contribution in [3.05, 3.63) is 93.4 Å². The van der Waals surface area contributed by atoms with E-state index < -0.39 is 0 Å². The monoisotopic (exact) mass is 402 g/mol. The summed E-state index contributed by atoms with van der Waals surface area (Å²) in [6.07, 6.45) is 6.75. The molecule has 4 rings (SSSR count). The Morgan fingerprint density at radius 1 is 1.17 bits per heavy atom. The third kappa shape index (κ3) is 4.00. The molecule has 1 N–H and O–H groups in total. The first-order valence-electron chi connectivity index (χ1n) is 8.99. The molecule has 7 heteroatoms. The molecule has 0 aliphatic heterocycles. The number of aromatic nitrogens is 3. The lowest BCUT2D eigenvalue weighted by Gasteiger charge is -2.13. The average Bonchev–Trinajstić information content (AvgIpc) is 3.29. The molecule has 4 aromatic heterocycles. The van der Waals surface area contributed by atoms with Crippen molar-refractivity contribution in [1.29, 1.82) is 0 Å². The minimum absolute atomic E-state index is 0.158. The Hall–Kier alpha value is -3.58. The van der Waals surface area contributed by atoms with E-state index in [0.29, 0.717) is 17.7 Å². The van der Waals surface area contributed by atoms with Gasteiger partial charge in [-0.15, -0.1) is 0 Å². The smallest absolute Gasteiger partial charge is 0.253 e. The molecule has 0 aliphatic rings. The summed E-state index contributed by atoms with van der Waals surface area (Å²) >= 11 is 1.52. The van der Waals surface area contributed by atoms with E-state index in [-0.39, 0.29) is 11.5 Å². The zero-order valence-electron chi connectivity index (χ0n) is 15.7. The third-order valence-corrected chi connectivity index (χ3v) is 5.25. The fourth-order valence-corrected chi connectivity index (χ4v) is 3.74. The van der Waals surface area contributed by atoms with Crippen molar-refractivity contribution in [3.63, 3.8) is 0 Å². The standard InChI is InChI=1S/C22H18N4O2S/c1-26-13-19(18(10-20(26)27)17-6-9-29-14-17)22(28)25-12-16-5-3-8-24-21(16)15-4-2-7-23-11-15/h2-11,13-14H,12H2,1H3,(H,25,28). The van der Waals surface area contributed by atoms with Crippen LogP contribution in [0.1, 0.15) is 15.9 Å². The fourth-order valence-electron chi connectivity index (χ4n) is 3.08. The summed E-state index contributed by atoms with van der Waals surface area (Å²) in [6.45, 7) is 0.308. The zero-order valence-corrected chi connectivity index (χ0v) is 16.5. The highest BCUT2D eigenvalue weighted by atomic mass is 32.1. The number of rotatable bonds is 5. The van der Waals surface area contributed by atoms with E-state index in [1.54, 1.807) is 31.8 Å². The number of nitrogens with zero attached hydrogens (tertiary/aromatic N) is 3. The van der Waals surface area contributed by atoms with Crippen molar-refractivity contribution in [2.45, 2.75) is 6.54 Å². The molecule has 0 fully saturated rings. The molecule has 0 saturated carbocycles. The van der Waals surface area contributed by atoms with Gasteiger partial charge in [0.1, 0.15) is 0 Å². The van der Waals surface area contributed by atoms with Gasteiger partial charge in [-0.1, -0.05) is 6.07 Å². The third-order valence-electron chi connectivity index (χ3n) is 4.57. The Balaban J connectivity index is 1.63. The molecule has 0 spiro atoms. The van der Waals surface area contributed by atoms with Crippen LogP contribution in [0.25, 0.3) is 22.4 Å². The van der Waals surface area contributed by atoms with Gasteiger partial charge in [0.05, 0.1) is 11.3 Å². The summed E-state index contributed by atoms with van der Waals surface area (Å²) in [5.41, 5.74) is 4.33. The number of aryl methyl sites for hydroxylation is 1. The summed E-state index contributed by atoms with van der Waals surface area (Å²) in [5, 5.41) is 6.81. The zero-order chi connectivity index (χ0) is 20.2. The summed E-state index contributed by atoms with van der Waals surface area (Å²) in [7, 11) is 1.64. The highest BCUT2D eigenvalue weighted by molar-refractivity contribution is 7.08. The Kier molecular flexibility index (Phi) is 5.31. The molecular weight excluding hydrogens is 384 g/mol. The number of thiophene rings is 1. The summed E-state index contributed by atoms with van der Waals surface area (Å²) in [6, 6.07) is 11.0. The Morgan fingerprint density at radius 2 is 2.03 bits per heavy atom. The molecule has 6 nitrogen and oxygen atoms in total. The first kappa shape index (κ1) is 18.8. The maximum atomic E-state index is 13.0. The van der Waals surface area contributed by atoms with Gasteiger partial charge in [0.2, 0.25) is 0 Å². The minimum atomic E-state index is -0.247. The number of hydrogen-bond donors (Lipinski definition) is 1. The van der Waals surface area contributed by atoms with Gasteiger partial charge < -0.3 is 9.88 Å². The lowest BCUT2D eigenvalue weighted by Crippen LogP contribution is -2.27. The van der Waals surface area contributed by atoms with Crippen LogP contribution < -0.4 is 10.9 Å². The van der Waals surface area contributed by atoms with Crippen LogP contribution in [0.2, 0.25) is 0 Å². The van der Waals surface area contributed by atoms with Crippen LogP contribution in [0.3, 0.4) is 0 Å². The Labute approximate surface area is 171 Å². The largest absolute Gasteiger partial charge is 0.348 e. The number of pyridine rings is 3. The van der Waals surface area contributed by atoms with Gasteiger partial charge >= 0.3 is 0 Å². The van der Waals surface area contributed by atoms with Gasteiger partial charge in [0.25, 0.3) is 11.5 Å². The van der Waals surface area contributed by atoms with Crippen molar-refractivity contribution in [2.24, 2.45) is 7.05 Å². The van der Waals surface area contributed by atoms with Gasteiger partial charge in [0, 0.05) is 55.6 Å². The number of amides is 1. The molecule has 0 aliphatic carbocycles. The number of hydrogen-bond acceptors (Lipinski definition) is 5. The second kappa shape index (κ2) is 8.20. The van der Waals surface area contributed by atoms with Gasteiger partial charge in [-0.2, -0.15) is 11.3 Å². The lowest BCUT2D eigenvalue weighted by molar-refractivity contribution is 0.0951. The quantitative estimate of drug-likeness (QED) is 0.554. The molecule has 0 atom stereocenters. The van der Waals surface area contributed by atoms with E-state index in [0.717, 1.165) is 22.4 Å². The molecule has 0 unspecified atom stereocenters. The Bertz CT molecular complexity index is 1200. The Morgan fingerprint density at radius 3 is 2.79 bits per heavy atom. The predicted octanol–water partition coefficient (Wildman–Crippen LogP) is 3.50. The lowest BCUT2D eigenvalue weighted by atomic mass is 10.0. The van der Waals surface area contributed by atoms with Crippen molar-refractivity contribution in [2.75, 3.05) is 0 Å². The number of carbonyl (C=O) groups is 1. The first-order chi connectivity index (χ1) is 14.1. The highest BCUT2D eigenvalue weighted by Gasteiger charge is 2.16. The number of carbonyl (C=O) groups excluding carboxylic acids is 1. The summed E-state index contributed by atoms with van der Waals surface area (Å²) < 4.78 is 1.41. The molecule has 0 bridgehead atoms. The topological polar surface area (TPSA) is 76.9 Å². The molecule has 4 aromatic rings. The normalized spacial score (nSPS) is 10.7. The van der Waals surface area contributed by atoms with Crippen molar-refractivity contribution in [1.82, 2.24) is 19.9 Å². The van der Waals surface area contributed by atoms with E-state index in [2.05, 4.69) is 15.3 Å². The van der Waals surface area contributed by atoms with Crippen LogP contribution in [-0.2, 0) is 13.6 Å². The van der Waals surface area contributed by atoms with Crippen molar-refractivity contribution >= 4 is 17.2 Å². The highest BCUT2D eigenvalue weighted by Crippen LogP contribution is 2.25. The van der Waals surface area contributed by atoms with E-state index in [1.165, 1.54) is 22.0 Å². The summed E-state index contributed by atoms with van der Waals surface area (Å²) in [5.74, 6) is -0.247. The SMILES string of the molecule is Cn1cc(C(=O)NCc2cccnc2-c2cccnc2)c(-c2ccsc2)cc1=O. The van der Waals surface area contributed by atoms with Crippen LogP contribution in [-0.4, -0.2) is 20.4 Å². The van der Waals surface area contributed by atoms with Crippen LogP contribution in [0.4, 0.5) is 0 Å². The van der Waals surface area contributed by atoms with Crippen molar-refractivity contribution in [3.8, 4) is 22.4 Å². The second-order valence-electron chi connectivity index (χ2n) is 6.50. The molecule has 0 saturated heterocycles. The minimum Gasteiger partial charge on any atom is -0.348 e. The predicted molar refractivity (Wildman–Crippen MR) is 114 cm³/mol. The van der Waals surface area contributed by atoms with Crippen LogP contribution in [0.5, 0.6) is 0 Å². The van der Waals surface area contributed by atoms with Crippen LogP contribution in [0.15, 0.2) is 76.7 Å². The molecule has 29 heavy (non-hydrogen) atoms. The van der Waals surface area contributed by atoms with Crippen LogP contribution in [0, 0.1) is 0 Å². The maximum Gasteiger partial charge on any atom is 0.253 e. The first-order valence-corrected chi connectivity index (χ1v) is 9.93. The van der Waals surface area contributed by atoms with Crippen molar-refractivity contribution < 1.29 is 4.79 Å². The molecule has 4 heterocycles. The summed E-state index contributed by atoms with van der Waals surface area (Å²) in [4.78, 5) is 33.7. The van der Waals surface area contributed by atoms with E-state index in [4.69, 9.17) is 0 Å². The van der Waals surface area contributed by atoms with Gasteiger partial charge in [0.15, 0.2) is 0 Å². The van der Waals surface area contributed by atoms with Gasteiger partial charge in [-0.3, -0.25) is 19.6 Å². The molecule has 144 valence electrons. The van der Waals surface area contributed by atoms with Crippen LogP contribution >= 0.6 is 11.3 Å². The second-order valence-corrected chi connectivity index (χ2v) is 7.28. The number of nitrogens with one attached hydrogen (secondary N) is 1. The molecular formula is C22H18N4O2S. The molecule has 0 radical (unpaired) electrons. The van der Waals surface area contributed by atoms with E-state index in [1.807, 2.05) is 41.1 Å². The van der Waals surface area contributed by atoms with E-state index in [9.17, 15) is 9.59 Å². The molecule has 1 amide bonds. The maximum absolute atomic E-state index is 13.0. The van der Waals surface area contributed by atoms with Gasteiger partial charge in [-0.25, -0.2) is 0 Å². The van der Waals surface area contributed by atoms with E-state index >= 15 is 0 Å². The van der Waals surface area contributed by atoms with Gasteiger partial charge in [-0.05, 0) is 46.2 Å². The average molecular weight is 402 g/mol. The molecule has 0 aromatic carbocycles.